The number of hydrogen-bond donors (Lipinski definition) is 2. The van der Waals surface area contributed by atoms with Crippen LogP contribution in [-0.4, -0.2) is 31.5 Å². The molecule has 0 saturated heterocycles. The van der Waals surface area contributed by atoms with E-state index in [1.807, 2.05) is 0 Å². The van der Waals surface area contributed by atoms with Gasteiger partial charge in [-0.1, -0.05) is 85.0 Å². The van der Waals surface area contributed by atoms with Crippen molar-refractivity contribution in [3.05, 3.63) is 0 Å². The van der Waals surface area contributed by atoms with E-state index >= 15 is 0 Å². The zero-order valence-electron chi connectivity index (χ0n) is 16.5. The number of nitrogens with one attached hydrogen (secondary N) is 1. The van der Waals surface area contributed by atoms with Crippen molar-refractivity contribution in [2.75, 3.05) is 20.3 Å². The maximum absolute atomic E-state index is 9.71. The van der Waals surface area contributed by atoms with Gasteiger partial charge in [-0.3, -0.25) is 0 Å². The van der Waals surface area contributed by atoms with E-state index in [2.05, 4.69) is 30.8 Å². The lowest BCUT2D eigenvalue weighted by molar-refractivity contribution is 0.176. The van der Waals surface area contributed by atoms with E-state index in [1.165, 1.54) is 71.3 Å². The van der Waals surface area contributed by atoms with Crippen LogP contribution < -0.4 is 5.32 Å². The summed E-state index contributed by atoms with van der Waals surface area (Å²) in [6, 6.07) is 0. The standard InChI is InChI=1S/C9H18.C7H14.C4H9NO3.H2/c1-3-9-6-4-8(2)5-7-9;1-7-5-3-2-4-6-7;1-8-3-2-5-4(6)7;/h8-9H,3-7H2,1-2H3;7H,2-6H2,1H3;5H,2-3H2,1H3,(H,6,7);1H. The molecule has 2 N–H and O–H groups in total. The lowest BCUT2D eigenvalue weighted by Crippen LogP contribution is -2.24. The van der Waals surface area contributed by atoms with E-state index in [0.717, 1.165) is 17.8 Å². The molecule has 0 bridgehead atoms. The summed E-state index contributed by atoms with van der Waals surface area (Å²) >= 11 is 0. The van der Waals surface area contributed by atoms with Gasteiger partial charge in [-0.05, 0) is 17.8 Å². The summed E-state index contributed by atoms with van der Waals surface area (Å²) in [5.41, 5.74) is 0. The van der Waals surface area contributed by atoms with Gasteiger partial charge in [0.05, 0.1) is 6.61 Å². The molecular formula is C20H43NO3. The van der Waals surface area contributed by atoms with Gasteiger partial charge in [-0.2, -0.15) is 0 Å². The number of carboxylic acid groups (broad SMARTS) is 1. The highest BCUT2D eigenvalue weighted by Gasteiger charge is 2.15. The molecule has 0 aliphatic heterocycles. The summed E-state index contributed by atoms with van der Waals surface area (Å²) < 4.78 is 4.57. The van der Waals surface area contributed by atoms with E-state index < -0.39 is 6.09 Å². The molecule has 24 heavy (non-hydrogen) atoms. The van der Waals surface area contributed by atoms with Gasteiger partial charge in [-0.15, -0.1) is 0 Å². The van der Waals surface area contributed by atoms with Gasteiger partial charge in [0.1, 0.15) is 0 Å². The third-order valence-electron chi connectivity index (χ3n) is 5.19. The molecule has 2 aliphatic carbocycles. The molecule has 0 heterocycles. The van der Waals surface area contributed by atoms with E-state index in [9.17, 15) is 4.79 Å². The molecule has 4 nitrogen and oxygen atoms in total. The van der Waals surface area contributed by atoms with Crippen molar-refractivity contribution in [3.8, 4) is 0 Å². The second kappa shape index (κ2) is 15.7. The monoisotopic (exact) mass is 345 g/mol. The Labute approximate surface area is 151 Å². The minimum Gasteiger partial charge on any atom is -0.465 e. The van der Waals surface area contributed by atoms with Crippen LogP contribution in [0.4, 0.5) is 4.79 Å². The number of amides is 1. The van der Waals surface area contributed by atoms with Crippen LogP contribution in [0, 0.1) is 17.8 Å². The molecule has 0 spiro atoms. The summed E-state index contributed by atoms with van der Waals surface area (Å²) in [6.45, 7) is 7.84. The Kier molecular flexibility index (Phi) is 15.2. The maximum Gasteiger partial charge on any atom is 0.404 e. The number of rotatable bonds is 4. The summed E-state index contributed by atoms with van der Waals surface area (Å²) in [5.74, 6) is 3.13. The second-order valence-corrected chi connectivity index (χ2v) is 7.50. The van der Waals surface area contributed by atoms with Crippen molar-refractivity contribution in [3.63, 3.8) is 0 Å². The Morgan fingerprint density at radius 2 is 1.58 bits per heavy atom. The Balaban J connectivity index is 0. The van der Waals surface area contributed by atoms with Crippen molar-refractivity contribution in [1.29, 1.82) is 0 Å². The van der Waals surface area contributed by atoms with Crippen LogP contribution >= 0.6 is 0 Å². The summed E-state index contributed by atoms with van der Waals surface area (Å²) in [5, 5.41) is 10.1. The highest BCUT2D eigenvalue weighted by molar-refractivity contribution is 5.64. The van der Waals surface area contributed by atoms with E-state index in [1.54, 1.807) is 0 Å². The predicted molar refractivity (Wildman–Crippen MR) is 104 cm³/mol. The fourth-order valence-electron chi connectivity index (χ4n) is 3.30. The first-order valence-electron chi connectivity index (χ1n) is 9.95. The normalized spacial score (nSPS) is 24.0. The van der Waals surface area contributed by atoms with Crippen molar-refractivity contribution < 1.29 is 16.1 Å². The van der Waals surface area contributed by atoms with Crippen LogP contribution in [-0.2, 0) is 4.74 Å². The molecule has 146 valence electrons. The molecule has 0 aromatic carbocycles. The minimum atomic E-state index is -1.01. The van der Waals surface area contributed by atoms with Crippen molar-refractivity contribution in [1.82, 2.24) is 5.32 Å². The average Bonchev–Trinajstić information content (AvgIpc) is 2.57. The highest BCUT2D eigenvalue weighted by atomic mass is 16.5. The van der Waals surface area contributed by atoms with Gasteiger partial charge in [0.2, 0.25) is 0 Å². The third kappa shape index (κ3) is 14.8. The van der Waals surface area contributed by atoms with Gasteiger partial charge in [-0.25, -0.2) is 4.79 Å². The van der Waals surface area contributed by atoms with Gasteiger partial charge in [0.25, 0.3) is 0 Å². The van der Waals surface area contributed by atoms with Crippen molar-refractivity contribution in [2.45, 2.75) is 85.0 Å². The number of hydrogen-bond acceptors (Lipinski definition) is 2. The first kappa shape index (κ1) is 23.2. The van der Waals surface area contributed by atoms with Crippen LogP contribution in [0.5, 0.6) is 0 Å². The molecule has 0 aromatic heterocycles. The average molecular weight is 346 g/mol. The molecule has 0 aromatic rings. The van der Waals surface area contributed by atoms with Crippen LogP contribution in [0.1, 0.15) is 86.4 Å². The molecule has 2 saturated carbocycles. The van der Waals surface area contributed by atoms with Crippen LogP contribution in [0.3, 0.4) is 0 Å². The van der Waals surface area contributed by atoms with Gasteiger partial charge in [0.15, 0.2) is 0 Å². The highest BCUT2D eigenvalue weighted by Crippen LogP contribution is 2.29. The lowest BCUT2D eigenvalue weighted by Gasteiger charge is -2.24. The summed E-state index contributed by atoms with van der Waals surface area (Å²) in [4.78, 5) is 9.71. The van der Waals surface area contributed by atoms with Crippen LogP contribution in [0.25, 0.3) is 0 Å². The van der Waals surface area contributed by atoms with Crippen LogP contribution in [0.15, 0.2) is 0 Å². The summed E-state index contributed by atoms with van der Waals surface area (Å²) in [6.07, 6.45) is 13.8. The molecule has 4 heteroatoms. The molecular weight excluding hydrogens is 302 g/mol. The first-order valence-corrected chi connectivity index (χ1v) is 9.95. The fourth-order valence-corrected chi connectivity index (χ4v) is 3.30. The third-order valence-corrected chi connectivity index (χ3v) is 5.19. The van der Waals surface area contributed by atoms with Gasteiger partial charge in [0, 0.05) is 15.1 Å². The molecule has 0 radical (unpaired) electrons. The largest absolute Gasteiger partial charge is 0.465 e. The Hall–Kier alpha value is -0.770. The molecule has 2 rings (SSSR count). The van der Waals surface area contributed by atoms with Gasteiger partial charge >= 0.3 is 6.09 Å². The Morgan fingerprint density at radius 1 is 1.04 bits per heavy atom. The van der Waals surface area contributed by atoms with E-state index in [-0.39, 0.29) is 1.43 Å². The number of ether oxygens (including phenoxy) is 1. The topological polar surface area (TPSA) is 58.6 Å². The molecule has 1 amide bonds. The van der Waals surface area contributed by atoms with Crippen molar-refractivity contribution in [2.24, 2.45) is 17.8 Å². The summed E-state index contributed by atoms with van der Waals surface area (Å²) in [7, 11) is 1.52. The Morgan fingerprint density at radius 3 is 1.96 bits per heavy atom. The predicted octanol–water partition coefficient (Wildman–Crippen LogP) is 5.96. The first-order chi connectivity index (χ1) is 11.5. The quantitative estimate of drug-likeness (QED) is 0.618. The lowest BCUT2D eigenvalue weighted by atomic mass is 9.82. The number of carbonyl (C=O) groups is 1. The smallest absolute Gasteiger partial charge is 0.404 e. The van der Waals surface area contributed by atoms with Gasteiger partial charge < -0.3 is 15.2 Å². The molecule has 0 unspecified atom stereocenters. The fraction of sp³-hybridized carbons (Fsp3) is 0.950. The zero-order chi connectivity index (χ0) is 18.2. The second-order valence-electron chi connectivity index (χ2n) is 7.50. The molecule has 2 fully saturated rings. The molecule has 2 aliphatic rings. The maximum atomic E-state index is 9.71. The number of methoxy groups -OCH3 is 1. The SMILES string of the molecule is CC1CCCCC1.CCC1CCC(C)CC1.COCCNC(=O)O.[HH]. The van der Waals surface area contributed by atoms with Crippen molar-refractivity contribution >= 4 is 6.09 Å². The molecule has 0 atom stereocenters. The zero-order valence-corrected chi connectivity index (χ0v) is 16.5. The minimum absolute atomic E-state index is 0. The van der Waals surface area contributed by atoms with E-state index in [4.69, 9.17) is 5.11 Å². The van der Waals surface area contributed by atoms with Crippen LogP contribution in [0.2, 0.25) is 0 Å². The Bertz CT molecular complexity index is 289. The van der Waals surface area contributed by atoms with E-state index in [0.29, 0.717) is 13.2 Å².